The quantitative estimate of drug-likeness (QED) is 0.336. The number of rotatable bonds is 6. The van der Waals surface area contributed by atoms with Crippen LogP contribution in [-0.2, 0) is 9.84 Å². The van der Waals surface area contributed by atoms with Crippen LogP contribution in [0.4, 0.5) is 0 Å². The number of sulfone groups is 1. The summed E-state index contributed by atoms with van der Waals surface area (Å²) in [4.78, 5) is 10.3. The summed E-state index contributed by atoms with van der Waals surface area (Å²) in [6, 6.07) is 11.0. The van der Waals surface area contributed by atoms with E-state index in [0.717, 1.165) is 48.1 Å². The maximum absolute atomic E-state index is 11.7. The summed E-state index contributed by atoms with van der Waals surface area (Å²) in [5.74, 6) is 1.31. The van der Waals surface area contributed by atoms with Crippen molar-refractivity contribution in [3.8, 4) is 16.9 Å². The van der Waals surface area contributed by atoms with Crippen molar-refractivity contribution in [3.63, 3.8) is 0 Å². The molecule has 5 aromatic rings. The number of hydrogen-bond acceptors (Lipinski definition) is 6. The van der Waals surface area contributed by atoms with Crippen molar-refractivity contribution < 1.29 is 13.2 Å². The van der Waals surface area contributed by atoms with Crippen LogP contribution in [0.25, 0.3) is 38.6 Å². The molecule has 0 amide bonds. The van der Waals surface area contributed by atoms with Crippen LogP contribution < -0.4 is 4.74 Å². The number of hydrogen-bond donors (Lipinski definition) is 1. The zero-order valence-corrected chi connectivity index (χ0v) is 23.1. The van der Waals surface area contributed by atoms with Gasteiger partial charge in [-0.15, -0.1) is 0 Å². The minimum absolute atomic E-state index is 0.220. The first-order valence-electron chi connectivity index (χ1n) is 13.0. The van der Waals surface area contributed by atoms with E-state index in [9.17, 15) is 8.42 Å². The number of aromatic nitrogens is 4. The summed E-state index contributed by atoms with van der Waals surface area (Å²) in [6.45, 7) is 6.84. The summed E-state index contributed by atoms with van der Waals surface area (Å²) in [6.07, 6.45) is 7.06. The molecule has 0 saturated carbocycles. The Kier molecular flexibility index (Phi) is 6.15. The van der Waals surface area contributed by atoms with Gasteiger partial charge in [-0.2, -0.15) is 5.10 Å². The van der Waals surface area contributed by atoms with E-state index in [0.29, 0.717) is 23.9 Å². The van der Waals surface area contributed by atoms with Crippen LogP contribution in [0.2, 0.25) is 0 Å². The molecule has 198 valence electrons. The van der Waals surface area contributed by atoms with Crippen LogP contribution in [0.1, 0.15) is 35.4 Å². The molecule has 1 N–H and O–H groups in total. The van der Waals surface area contributed by atoms with E-state index >= 15 is 0 Å². The number of piperidine rings is 1. The normalized spacial score (nSPS) is 17.1. The molecule has 0 aliphatic carbocycles. The van der Waals surface area contributed by atoms with Gasteiger partial charge in [0, 0.05) is 52.9 Å². The van der Waals surface area contributed by atoms with E-state index in [-0.39, 0.29) is 5.75 Å². The third-order valence-electron chi connectivity index (χ3n) is 8.11. The molecule has 4 heterocycles. The van der Waals surface area contributed by atoms with Crippen molar-refractivity contribution in [2.75, 3.05) is 38.8 Å². The fraction of sp³-hybridized carbons (Fsp3) is 0.379. The van der Waals surface area contributed by atoms with E-state index in [1.807, 2.05) is 12.3 Å². The lowest BCUT2D eigenvalue weighted by atomic mass is 9.89. The number of aryl methyl sites for hydroxylation is 1. The molecule has 1 fully saturated rings. The van der Waals surface area contributed by atoms with Gasteiger partial charge in [0.2, 0.25) is 0 Å². The molecule has 1 aliphatic heterocycles. The maximum Gasteiger partial charge on any atom is 0.197 e. The fourth-order valence-electron chi connectivity index (χ4n) is 5.96. The monoisotopic (exact) mass is 531 g/mol. The van der Waals surface area contributed by atoms with Gasteiger partial charge in [0.25, 0.3) is 0 Å². The Hall–Kier alpha value is -3.43. The summed E-state index contributed by atoms with van der Waals surface area (Å²) in [5, 5.41) is 6.82. The molecule has 1 aliphatic rings. The largest absolute Gasteiger partial charge is 0.493 e. The van der Waals surface area contributed by atoms with Crippen LogP contribution in [0.3, 0.4) is 0 Å². The molecule has 2 aromatic carbocycles. The Morgan fingerprint density at radius 2 is 1.97 bits per heavy atom. The molecule has 3 aromatic heterocycles. The number of fused-ring (bicyclic) bond motifs is 4. The number of pyridine rings is 1. The van der Waals surface area contributed by atoms with Gasteiger partial charge in [0.1, 0.15) is 16.2 Å². The van der Waals surface area contributed by atoms with Crippen LogP contribution >= 0.6 is 0 Å². The van der Waals surface area contributed by atoms with Crippen molar-refractivity contribution in [1.29, 1.82) is 0 Å². The topological polar surface area (TPSA) is 92.6 Å². The number of aromatic amines is 1. The molecular weight excluding hydrogens is 498 g/mol. The Balaban J connectivity index is 1.39. The minimum atomic E-state index is -2.96. The molecule has 0 radical (unpaired) electrons. The highest BCUT2D eigenvalue weighted by Crippen LogP contribution is 2.39. The molecular formula is C29H33N5O3S. The molecule has 38 heavy (non-hydrogen) atoms. The number of methoxy groups -OCH3 is 1. The van der Waals surface area contributed by atoms with Gasteiger partial charge in [-0.05, 0) is 85.7 Å². The lowest BCUT2D eigenvalue weighted by molar-refractivity contribution is 0.219. The van der Waals surface area contributed by atoms with Crippen LogP contribution in [0.15, 0.2) is 42.9 Å². The summed E-state index contributed by atoms with van der Waals surface area (Å²) in [7, 11) is -1.30. The first-order chi connectivity index (χ1) is 18.2. The SMILES string of the molecule is COc1cc(-c2cc3[nH]c4ccc(C5CCCN(CCS(C)(=O)=O)C5)cc4c3c(C)c2C)cn2ncnc12. The lowest BCUT2D eigenvalue weighted by Crippen LogP contribution is -2.37. The van der Waals surface area contributed by atoms with Gasteiger partial charge in [0.05, 0.1) is 12.9 Å². The zero-order valence-electron chi connectivity index (χ0n) is 22.3. The van der Waals surface area contributed by atoms with Crippen molar-refractivity contribution in [3.05, 3.63) is 59.5 Å². The lowest BCUT2D eigenvalue weighted by Gasteiger charge is -2.32. The highest BCUT2D eigenvalue weighted by Gasteiger charge is 2.23. The Labute approximate surface area is 222 Å². The van der Waals surface area contributed by atoms with Crippen molar-refractivity contribution in [1.82, 2.24) is 24.5 Å². The molecule has 6 rings (SSSR count). The number of nitrogens with zero attached hydrogens (tertiary/aromatic N) is 4. The van der Waals surface area contributed by atoms with Gasteiger partial charge in [-0.1, -0.05) is 6.07 Å². The Morgan fingerprint density at radius 1 is 1.13 bits per heavy atom. The molecule has 0 bridgehead atoms. The molecule has 1 unspecified atom stereocenters. The second-order valence-electron chi connectivity index (χ2n) is 10.6. The van der Waals surface area contributed by atoms with E-state index in [4.69, 9.17) is 4.74 Å². The maximum atomic E-state index is 11.7. The number of likely N-dealkylation sites (tertiary alicyclic amines) is 1. The highest BCUT2D eigenvalue weighted by molar-refractivity contribution is 7.90. The van der Waals surface area contributed by atoms with Crippen molar-refractivity contribution in [2.24, 2.45) is 0 Å². The standard InChI is InChI=1S/C29H33N5O3S/c1-18-19(2)28-24-12-20(21-6-5-9-33(15-21)10-11-38(4,35)36)7-8-25(24)32-26(28)14-23(18)22-13-27(37-3)29-30-17-31-34(29)16-22/h7-8,12-14,16-17,21,32H,5-6,9-11,15H2,1-4H3. The second-order valence-corrected chi connectivity index (χ2v) is 12.9. The molecule has 1 saturated heterocycles. The van der Waals surface area contributed by atoms with Gasteiger partial charge >= 0.3 is 0 Å². The van der Waals surface area contributed by atoms with Crippen molar-refractivity contribution in [2.45, 2.75) is 32.6 Å². The van der Waals surface area contributed by atoms with E-state index in [1.165, 1.54) is 40.0 Å². The van der Waals surface area contributed by atoms with Crippen molar-refractivity contribution >= 4 is 37.3 Å². The predicted molar refractivity (Wildman–Crippen MR) is 152 cm³/mol. The molecule has 0 spiro atoms. The van der Waals surface area contributed by atoms with Crippen LogP contribution in [-0.4, -0.2) is 71.7 Å². The second kappa shape index (κ2) is 9.39. The van der Waals surface area contributed by atoms with E-state index in [1.54, 1.807) is 11.6 Å². The third kappa shape index (κ3) is 4.43. The third-order valence-corrected chi connectivity index (χ3v) is 9.03. The summed E-state index contributed by atoms with van der Waals surface area (Å²) in [5.41, 5.74) is 8.87. The predicted octanol–water partition coefficient (Wildman–Crippen LogP) is 4.88. The average molecular weight is 532 g/mol. The average Bonchev–Trinajstić information content (AvgIpc) is 3.52. The van der Waals surface area contributed by atoms with Gasteiger partial charge < -0.3 is 14.6 Å². The number of nitrogens with one attached hydrogen (secondary N) is 1. The van der Waals surface area contributed by atoms with E-state index < -0.39 is 9.84 Å². The number of ether oxygens (including phenoxy) is 1. The van der Waals surface area contributed by atoms with Gasteiger partial charge in [-0.3, -0.25) is 0 Å². The minimum Gasteiger partial charge on any atom is -0.493 e. The van der Waals surface area contributed by atoms with E-state index in [2.05, 4.69) is 58.1 Å². The summed E-state index contributed by atoms with van der Waals surface area (Å²) < 4.78 is 30.7. The fourth-order valence-corrected chi connectivity index (χ4v) is 6.55. The molecule has 1 atom stereocenters. The smallest absolute Gasteiger partial charge is 0.197 e. The molecule has 9 heteroatoms. The molecule has 8 nitrogen and oxygen atoms in total. The van der Waals surface area contributed by atoms with Crippen LogP contribution in [0.5, 0.6) is 5.75 Å². The number of benzene rings is 2. The number of H-pyrrole nitrogens is 1. The van der Waals surface area contributed by atoms with Gasteiger partial charge in [-0.25, -0.2) is 17.9 Å². The first-order valence-corrected chi connectivity index (χ1v) is 15.1. The highest BCUT2D eigenvalue weighted by atomic mass is 32.2. The van der Waals surface area contributed by atoms with Gasteiger partial charge in [0.15, 0.2) is 11.4 Å². The van der Waals surface area contributed by atoms with Crippen LogP contribution in [0, 0.1) is 13.8 Å². The first kappa shape index (κ1) is 24.9. The summed E-state index contributed by atoms with van der Waals surface area (Å²) >= 11 is 0. The zero-order chi connectivity index (χ0) is 26.6. The Morgan fingerprint density at radius 3 is 2.76 bits per heavy atom. The Bertz CT molecular complexity index is 1790.